The highest BCUT2D eigenvalue weighted by Gasteiger charge is 2.38. The Labute approximate surface area is 196 Å². The topological polar surface area (TPSA) is 67.4 Å². The Bertz CT molecular complexity index is 1290. The van der Waals surface area contributed by atoms with Crippen molar-refractivity contribution in [3.63, 3.8) is 0 Å². The SMILES string of the molecule is COc1ccccc1NS(=O)(=O)c1ccc2c(c1)[C@H]1C=CC[C@H]1[C@@H](c1ccc(Br)cc1)N2. The van der Waals surface area contributed by atoms with E-state index in [1.807, 2.05) is 6.07 Å². The summed E-state index contributed by atoms with van der Waals surface area (Å²) in [6, 6.07) is 20.9. The maximum absolute atomic E-state index is 13.2. The lowest BCUT2D eigenvalue weighted by atomic mass is 9.77. The standard InChI is InChI=1S/C25H23BrN2O3S/c1-31-24-8-3-2-7-23(24)28-32(29,30)18-13-14-22-21(15-18)19-5-4-6-20(19)25(27-22)16-9-11-17(26)12-10-16/h2-5,7-15,19-20,25,27-28H,6H2,1H3/t19-,20+,25+/m0/s1. The molecule has 1 aliphatic carbocycles. The normalized spacial score (nSPS) is 21.4. The summed E-state index contributed by atoms with van der Waals surface area (Å²) in [6.45, 7) is 0. The quantitative estimate of drug-likeness (QED) is 0.407. The lowest BCUT2D eigenvalue weighted by Crippen LogP contribution is -2.29. The number of allylic oxidation sites excluding steroid dienone is 2. The van der Waals surface area contributed by atoms with Gasteiger partial charge >= 0.3 is 0 Å². The molecule has 5 rings (SSSR count). The smallest absolute Gasteiger partial charge is 0.262 e. The number of fused-ring (bicyclic) bond motifs is 3. The summed E-state index contributed by atoms with van der Waals surface area (Å²) in [5.74, 6) is 0.983. The maximum Gasteiger partial charge on any atom is 0.262 e. The first-order valence-corrected chi connectivity index (χ1v) is 12.7. The molecule has 0 saturated carbocycles. The minimum absolute atomic E-state index is 0.168. The lowest BCUT2D eigenvalue weighted by Gasteiger charge is -2.37. The predicted octanol–water partition coefficient (Wildman–Crippen LogP) is 6.09. The van der Waals surface area contributed by atoms with Crippen molar-refractivity contribution in [1.29, 1.82) is 0 Å². The molecular weight excluding hydrogens is 488 g/mol. The van der Waals surface area contributed by atoms with Gasteiger partial charge in [-0.2, -0.15) is 0 Å². The van der Waals surface area contributed by atoms with Gasteiger partial charge in [-0.25, -0.2) is 8.42 Å². The number of rotatable bonds is 5. The van der Waals surface area contributed by atoms with E-state index in [0.29, 0.717) is 17.4 Å². The summed E-state index contributed by atoms with van der Waals surface area (Å²) >= 11 is 3.51. The van der Waals surface area contributed by atoms with Gasteiger partial charge in [-0.15, -0.1) is 0 Å². The van der Waals surface area contributed by atoms with Gasteiger partial charge in [-0.3, -0.25) is 4.72 Å². The molecule has 3 atom stereocenters. The average Bonchev–Trinajstić information content (AvgIpc) is 3.29. The molecule has 0 bridgehead atoms. The fourth-order valence-electron chi connectivity index (χ4n) is 4.67. The molecule has 0 saturated heterocycles. The maximum atomic E-state index is 13.2. The molecule has 164 valence electrons. The van der Waals surface area contributed by atoms with Crippen LogP contribution in [-0.2, 0) is 10.0 Å². The van der Waals surface area contributed by atoms with Crippen LogP contribution in [0.1, 0.15) is 29.5 Å². The number of sulfonamides is 1. The molecule has 0 unspecified atom stereocenters. The van der Waals surface area contributed by atoms with Crippen molar-refractivity contribution >= 4 is 37.3 Å². The van der Waals surface area contributed by atoms with Crippen LogP contribution in [0.25, 0.3) is 0 Å². The number of para-hydroxylation sites is 2. The second-order valence-corrected chi connectivity index (χ2v) is 10.7. The zero-order valence-electron chi connectivity index (χ0n) is 17.5. The van der Waals surface area contributed by atoms with E-state index in [1.165, 1.54) is 12.7 Å². The van der Waals surface area contributed by atoms with Crippen LogP contribution in [0, 0.1) is 5.92 Å². The first-order chi connectivity index (χ1) is 15.5. The van der Waals surface area contributed by atoms with Crippen molar-refractivity contribution in [1.82, 2.24) is 0 Å². The van der Waals surface area contributed by atoms with Crippen LogP contribution in [-0.4, -0.2) is 15.5 Å². The van der Waals surface area contributed by atoms with E-state index in [4.69, 9.17) is 4.74 Å². The van der Waals surface area contributed by atoms with Gasteiger partial charge in [0.15, 0.2) is 0 Å². The van der Waals surface area contributed by atoms with Crippen LogP contribution in [0.5, 0.6) is 5.75 Å². The second kappa shape index (κ2) is 8.30. The summed E-state index contributed by atoms with van der Waals surface area (Å²) in [6.07, 6.45) is 5.36. The highest BCUT2D eigenvalue weighted by Crippen LogP contribution is 2.50. The Morgan fingerprint density at radius 3 is 2.62 bits per heavy atom. The molecule has 0 aromatic heterocycles. The van der Waals surface area contributed by atoms with Gasteiger partial charge in [-0.1, -0.05) is 52.3 Å². The van der Waals surface area contributed by atoms with Gasteiger partial charge in [0.2, 0.25) is 0 Å². The van der Waals surface area contributed by atoms with Crippen LogP contribution >= 0.6 is 15.9 Å². The van der Waals surface area contributed by atoms with Gasteiger partial charge in [0, 0.05) is 16.1 Å². The number of hydrogen-bond donors (Lipinski definition) is 2. The third-order valence-corrected chi connectivity index (χ3v) is 8.12. The molecule has 0 fully saturated rings. The fourth-order valence-corrected chi connectivity index (χ4v) is 6.04. The summed E-state index contributed by atoms with van der Waals surface area (Å²) < 4.78 is 35.3. The number of nitrogens with one attached hydrogen (secondary N) is 2. The third kappa shape index (κ3) is 3.80. The largest absolute Gasteiger partial charge is 0.495 e. The first-order valence-electron chi connectivity index (χ1n) is 10.4. The van der Waals surface area contributed by atoms with E-state index in [2.05, 4.69) is 62.4 Å². The minimum atomic E-state index is -3.77. The van der Waals surface area contributed by atoms with Crippen molar-refractivity contribution in [2.45, 2.75) is 23.3 Å². The Balaban J connectivity index is 1.49. The molecule has 3 aromatic carbocycles. The van der Waals surface area contributed by atoms with Gasteiger partial charge in [0.1, 0.15) is 5.75 Å². The van der Waals surface area contributed by atoms with Crippen molar-refractivity contribution < 1.29 is 13.2 Å². The Morgan fingerprint density at radius 2 is 1.84 bits per heavy atom. The number of methoxy groups -OCH3 is 1. The Hall–Kier alpha value is -2.77. The van der Waals surface area contributed by atoms with Crippen molar-refractivity contribution in [3.05, 3.63) is 94.5 Å². The molecule has 7 heteroatoms. The molecule has 0 spiro atoms. The second-order valence-electron chi connectivity index (χ2n) is 8.08. The highest BCUT2D eigenvalue weighted by molar-refractivity contribution is 9.10. The Kier molecular flexibility index (Phi) is 5.47. The van der Waals surface area contributed by atoms with E-state index in [9.17, 15) is 8.42 Å². The molecule has 1 aliphatic heterocycles. The summed E-state index contributed by atoms with van der Waals surface area (Å²) in [5, 5.41) is 3.66. The number of ether oxygens (including phenoxy) is 1. The van der Waals surface area contributed by atoms with E-state index in [0.717, 1.165) is 22.1 Å². The van der Waals surface area contributed by atoms with Gasteiger partial charge < -0.3 is 10.1 Å². The number of benzene rings is 3. The fraction of sp³-hybridized carbons (Fsp3) is 0.200. The third-order valence-electron chi connectivity index (χ3n) is 6.22. The molecule has 2 N–H and O–H groups in total. The first kappa shape index (κ1) is 21.1. The molecule has 0 radical (unpaired) electrons. The molecule has 3 aromatic rings. The van der Waals surface area contributed by atoms with Crippen LogP contribution in [0.15, 0.2) is 88.3 Å². The van der Waals surface area contributed by atoms with E-state index in [1.54, 1.807) is 36.4 Å². The zero-order valence-corrected chi connectivity index (χ0v) is 19.9. The molecule has 1 heterocycles. The van der Waals surface area contributed by atoms with Gasteiger partial charge in [0.25, 0.3) is 10.0 Å². The zero-order chi connectivity index (χ0) is 22.3. The molecule has 32 heavy (non-hydrogen) atoms. The minimum Gasteiger partial charge on any atom is -0.495 e. The van der Waals surface area contributed by atoms with E-state index < -0.39 is 10.0 Å². The van der Waals surface area contributed by atoms with Crippen LogP contribution in [0.2, 0.25) is 0 Å². The summed E-state index contributed by atoms with van der Waals surface area (Å²) in [5.41, 5.74) is 3.63. The van der Waals surface area contributed by atoms with Crippen molar-refractivity contribution in [2.24, 2.45) is 5.92 Å². The monoisotopic (exact) mass is 510 g/mol. The molecule has 2 aliphatic rings. The van der Waals surface area contributed by atoms with E-state index >= 15 is 0 Å². The van der Waals surface area contributed by atoms with Crippen molar-refractivity contribution in [2.75, 3.05) is 17.1 Å². The molecular formula is C25H23BrN2O3S. The Morgan fingerprint density at radius 1 is 1.06 bits per heavy atom. The van der Waals surface area contributed by atoms with Crippen LogP contribution < -0.4 is 14.8 Å². The molecule has 0 amide bonds. The van der Waals surface area contributed by atoms with E-state index in [-0.39, 0.29) is 16.9 Å². The highest BCUT2D eigenvalue weighted by atomic mass is 79.9. The lowest BCUT2D eigenvalue weighted by molar-refractivity contribution is 0.417. The number of hydrogen-bond acceptors (Lipinski definition) is 4. The number of anilines is 2. The van der Waals surface area contributed by atoms with Crippen LogP contribution in [0.4, 0.5) is 11.4 Å². The number of halogens is 1. The molecule has 5 nitrogen and oxygen atoms in total. The predicted molar refractivity (Wildman–Crippen MR) is 131 cm³/mol. The van der Waals surface area contributed by atoms with Gasteiger partial charge in [0.05, 0.1) is 23.7 Å². The van der Waals surface area contributed by atoms with Crippen molar-refractivity contribution in [3.8, 4) is 5.75 Å². The summed E-state index contributed by atoms with van der Waals surface area (Å²) in [4.78, 5) is 0.241. The van der Waals surface area contributed by atoms with Gasteiger partial charge in [-0.05, 0) is 65.9 Å². The average molecular weight is 511 g/mol. The van der Waals surface area contributed by atoms with Crippen LogP contribution in [0.3, 0.4) is 0 Å². The summed E-state index contributed by atoms with van der Waals surface area (Å²) in [7, 11) is -2.25.